The molecule has 1 heteroatoms. The van der Waals surface area contributed by atoms with Crippen molar-refractivity contribution in [2.75, 3.05) is 7.11 Å². The van der Waals surface area contributed by atoms with Crippen LogP contribution in [0.25, 0.3) is 6.08 Å². The lowest BCUT2D eigenvalue weighted by Crippen LogP contribution is -2.05. The first-order chi connectivity index (χ1) is 7.36. The third-order valence-corrected chi connectivity index (χ3v) is 2.26. The van der Waals surface area contributed by atoms with Gasteiger partial charge in [0.05, 0.1) is 6.10 Å². The second-order valence-electron chi connectivity index (χ2n) is 3.41. The smallest absolute Gasteiger partial charge is 0.0758 e. The molecule has 0 heterocycles. The van der Waals surface area contributed by atoms with Gasteiger partial charge in [0.2, 0.25) is 0 Å². The summed E-state index contributed by atoms with van der Waals surface area (Å²) in [6.45, 7) is 3.71. The number of hydrogen-bond donors (Lipinski definition) is 0. The molecule has 0 aliphatic heterocycles. The van der Waals surface area contributed by atoms with Crippen LogP contribution in [-0.4, -0.2) is 13.2 Å². The molecular formula is C14H18O. The fourth-order valence-corrected chi connectivity index (χ4v) is 1.36. The molecular weight excluding hydrogens is 184 g/mol. The van der Waals surface area contributed by atoms with Crippen molar-refractivity contribution in [3.63, 3.8) is 0 Å². The highest BCUT2D eigenvalue weighted by atomic mass is 16.5. The summed E-state index contributed by atoms with van der Waals surface area (Å²) in [4.78, 5) is 0. The van der Waals surface area contributed by atoms with Crippen LogP contribution in [0.1, 0.15) is 18.4 Å². The molecule has 0 saturated carbocycles. The van der Waals surface area contributed by atoms with Gasteiger partial charge in [-0.25, -0.2) is 0 Å². The molecule has 0 amide bonds. The molecule has 0 aliphatic rings. The van der Waals surface area contributed by atoms with E-state index in [0.717, 1.165) is 12.8 Å². The maximum atomic E-state index is 5.34. The number of rotatable bonds is 6. The lowest BCUT2D eigenvalue weighted by atomic mass is 10.1. The van der Waals surface area contributed by atoms with Crippen LogP contribution in [0.5, 0.6) is 0 Å². The lowest BCUT2D eigenvalue weighted by molar-refractivity contribution is 0.135. The van der Waals surface area contributed by atoms with Crippen LogP contribution < -0.4 is 0 Å². The van der Waals surface area contributed by atoms with Gasteiger partial charge in [0.1, 0.15) is 0 Å². The Morgan fingerprint density at radius 1 is 1.33 bits per heavy atom. The van der Waals surface area contributed by atoms with Crippen LogP contribution in [0.15, 0.2) is 49.1 Å². The highest BCUT2D eigenvalue weighted by Crippen LogP contribution is 2.07. The van der Waals surface area contributed by atoms with Gasteiger partial charge in [0.15, 0.2) is 0 Å². The summed E-state index contributed by atoms with van der Waals surface area (Å²) in [5.41, 5.74) is 1.21. The predicted molar refractivity (Wildman–Crippen MR) is 65.7 cm³/mol. The van der Waals surface area contributed by atoms with Crippen LogP contribution in [0.3, 0.4) is 0 Å². The van der Waals surface area contributed by atoms with Gasteiger partial charge >= 0.3 is 0 Å². The zero-order valence-electron chi connectivity index (χ0n) is 9.23. The summed E-state index contributed by atoms with van der Waals surface area (Å²) in [6, 6.07) is 10.2. The van der Waals surface area contributed by atoms with Crippen LogP contribution >= 0.6 is 0 Å². The molecule has 1 aromatic rings. The van der Waals surface area contributed by atoms with Crippen LogP contribution in [-0.2, 0) is 4.74 Å². The van der Waals surface area contributed by atoms with E-state index in [-0.39, 0.29) is 6.10 Å². The minimum atomic E-state index is 0.184. The van der Waals surface area contributed by atoms with Crippen LogP contribution in [0, 0.1) is 0 Å². The zero-order valence-corrected chi connectivity index (χ0v) is 9.23. The number of allylic oxidation sites excluding steroid dienone is 1. The summed E-state index contributed by atoms with van der Waals surface area (Å²) in [6.07, 6.45) is 8.27. The van der Waals surface area contributed by atoms with Crippen molar-refractivity contribution in [3.05, 3.63) is 54.6 Å². The number of benzene rings is 1. The Labute approximate surface area is 92.1 Å². The van der Waals surface area contributed by atoms with E-state index in [2.05, 4.69) is 30.9 Å². The van der Waals surface area contributed by atoms with Crippen molar-refractivity contribution >= 4 is 6.08 Å². The molecule has 1 nitrogen and oxygen atoms in total. The minimum Gasteiger partial charge on any atom is -0.377 e. The second-order valence-corrected chi connectivity index (χ2v) is 3.41. The van der Waals surface area contributed by atoms with E-state index >= 15 is 0 Å². The van der Waals surface area contributed by atoms with Crippen molar-refractivity contribution in [1.29, 1.82) is 0 Å². The Morgan fingerprint density at radius 2 is 2.07 bits per heavy atom. The molecule has 0 N–H and O–H groups in total. The quantitative estimate of drug-likeness (QED) is 0.639. The van der Waals surface area contributed by atoms with Gasteiger partial charge in [-0.3, -0.25) is 0 Å². The fraction of sp³-hybridized carbons (Fsp3) is 0.286. The molecule has 0 spiro atoms. The van der Waals surface area contributed by atoms with E-state index in [9.17, 15) is 0 Å². The molecule has 0 aliphatic carbocycles. The monoisotopic (exact) mass is 202 g/mol. The molecule has 1 atom stereocenters. The van der Waals surface area contributed by atoms with Crippen molar-refractivity contribution in [2.24, 2.45) is 0 Å². The number of hydrogen-bond acceptors (Lipinski definition) is 1. The largest absolute Gasteiger partial charge is 0.377 e. The first-order valence-electron chi connectivity index (χ1n) is 5.23. The molecule has 1 rings (SSSR count). The second kappa shape index (κ2) is 7.02. The van der Waals surface area contributed by atoms with Crippen LogP contribution in [0.2, 0.25) is 0 Å². The van der Waals surface area contributed by atoms with Crippen molar-refractivity contribution < 1.29 is 4.74 Å². The van der Waals surface area contributed by atoms with Gasteiger partial charge < -0.3 is 4.74 Å². The maximum absolute atomic E-state index is 5.34. The standard InChI is InChI=1S/C14H18O/c1-3-4-10-14(15-2)12-11-13-8-6-5-7-9-13/h3,5-9,11-12,14H,1,4,10H2,2H3. The molecule has 15 heavy (non-hydrogen) atoms. The van der Waals surface area contributed by atoms with Gasteiger partial charge in [0, 0.05) is 7.11 Å². The van der Waals surface area contributed by atoms with Crippen LogP contribution in [0.4, 0.5) is 0 Å². The van der Waals surface area contributed by atoms with Gasteiger partial charge in [-0.15, -0.1) is 6.58 Å². The SMILES string of the molecule is C=CCCC(C=Cc1ccccc1)OC. The van der Waals surface area contributed by atoms with Crippen molar-refractivity contribution in [3.8, 4) is 0 Å². The molecule has 0 bridgehead atoms. The average molecular weight is 202 g/mol. The van der Waals surface area contributed by atoms with Crippen molar-refractivity contribution in [1.82, 2.24) is 0 Å². The Morgan fingerprint density at radius 3 is 2.67 bits per heavy atom. The van der Waals surface area contributed by atoms with Gasteiger partial charge in [-0.05, 0) is 18.4 Å². The highest BCUT2D eigenvalue weighted by Gasteiger charge is 1.99. The molecule has 1 aromatic carbocycles. The molecule has 0 aromatic heterocycles. The van der Waals surface area contributed by atoms with E-state index in [0.29, 0.717) is 0 Å². The normalized spacial score (nSPS) is 12.9. The fourth-order valence-electron chi connectivity index (χ4n) is 1.36. The Kier molecular flexibility index (Phi) is 5.49. The highest BCUT2D eigenvalue weighted by molar-refractivity contribution is 5.49. The summed E-state index contributed by atoms with van der Waals surface area (Å²) in [5, 5.41) is 0. The topological polar surface area (TPSA) is 9.23 Å². The summed E-state index contributed by atoms with van der Waals surface area (Å²) in [5.74, 6) is 0. The molecule has 1 unspecified atom stereocenters. The van der Waals surface area contributed by atoms with E-state index in [1.54, 1.807) is 7.11 Å². The van der Waals surface area contributed by atoms with E-state index in [1.807, 2.05) is 24.3 Å². The third-order valence-electron chi connectivity index (χ3n) is 2.26. The Bertz CT molecular complexity index is 300. The summed E-state index contributed by atoms with van der Waals surface area (Å²) < 4.78 is 5.34. The van der Waals surface area contributed by atoms with Gasteiger partial charge in [-0.1, -0.05) is 48.6 Å². The zero-order chi connectivity index (χ0) is 10.9. The van der Waals surface area contributed by atoms with Crippen molar-refractivity contribution in [2.45, 2.75) is 18.9 Å². The maximum Gasteiger partial charge on any atom is 0.0758 e. The average Bonchev–Trinajstić information content (AvgIpc) is 2.31. The first kappa shape index (κ1) is 11.7. The minimum absolute atomic E-state index is 0.184. The van der Waals surface area contributed by atoms with Gasteiger partial charge in [0.25, 0.3) is 0 Å². The molecule has 0 radical (unpaired) electrons. The molecule has 0 saturated heterocycles. The summed E-state index contributed by atoms with van der Waals surface area (Å²) in [7, 11) is 1.74. The number of methoxy groups -OCH3 is 1. The van der Waals surface area contributed by atoms with E-state index in [4.69, 9.17) is 4.74 Å². The van der Waals surface area contributed by atoms with E-state index < -0.39 is 0 Å². The Balaban J connectivity index is 2.50. The number of ether oxygens (including phenoxy) is 1. The first-order valence-corrected chi connectivity index (χ1v) is 5.23. The third kappa shape index (κ3) is 4.61. The van der Waals surface area contributed by atoms with Gasteiger partial charge in [-0.2, -0.15) is 0 Å². The molecule has 0 fully saturated rings. The predicted octanol–water partition coefficient (Wildman–Crippen LogP) is 3.68. The molecule has 80 valence electrons. The lowest BCUT2D eigenvalue weighted by Gasteiger charge is -2.08. The Hall–Kier alpha value is -1.34. The summed E-state index contributed by atoms with van der Waals surface area (Å²) >= 11 is 0. The van der Waals surface area contributed by atoms with E-state index in [1.165, 1.54) is 5.56 Å².